The maximum Gasteiger partial charge on any atom is 0.292 e. The van der Waals surface area contributed by atoms with E-state index in [2.05, 4.69) is 15.5 Å². The van der Waals surface area contributed by atoms with Crippen LogP contribution in [0.1, 0.15) is 5.56 Å². The summed E-state index contributed by atoms with van der Waals surface area (Å²) in [5, 5.41) is 22.4. The average Bonchev–Trinajstić information content (AvgIpc) is 2.81. The zero-order chi connectivity index (χ0) is 13.8. The average molecular weight is 279 g/mol. The molecule has 0 aliphatic carbocycles. The van der Waals surface area contributed by atoms with Gasteiger partial charge in [0, 0.05) is 25.9 Å². The number of aryl methyl sites for hydroxylation is 1. The van der Waals surface area contributed by atoms with E-state index in [9.17, 15) is 10.1 Å². The van der Waals surface area contributed by atoms with Gasteiger partial charge in [-0.25, -0.2) is 0 Å². The zero-order valence-electron chi connectivity index (χ0n) is 10.5. The van der Waals surface area contributed by atoms with E-state index in [1.165, 1.54) is 17.8 Å². The molecule has 0 fully saturated rings. The standard InChI is InChI=1S/C11H13N5O2S/c1-12-10-8(4-3-5-9(10)16(17)18)6-19-11-14-13-7-15(11)2/h3-5,7,12H,6H2,1-2H3. The number of nitrogens with zero attached hydrogens (tertiary/aromatic N) is 4. The van der Waals surface area contributed by atoms with Gasteiger partial charge in [0.25, 0.3) is 5.69 Å². The highest BCUT2D eigenvalue weighted by Crippen LogP contribution is 2.31. The van der Waals surface area contributed by atoms with Gasteiger partial charge in [-0.1, -0.05) is 23.9 Å². The van der Waals surface area contributed by atoms with Gasteiger partial charge in [-0.15, -0.1) is 10.2 Å². The van der Waals surface area contributed by atoms with Crippen molar-refractivity contribution >= 4 is 23.1 Å². The molecule has 0 bridgehead atoms. The second-order valence-electron chi connectivity index (χ2n) is 3.83. The molecule has 8 heteroatoms. The number of hydrogen-bond donors (Lipinski definition) is 1. The van der Waals surface area contributed by atoms with E-state index in [1.54, 1.807) is 24.0 Å². The smallest absolute Gasteiger partial charge is 0.292 e. The van der Waals surface area contributed by atoms with Gasteiger partial charge in [-0.3, -0.25) is 10.1 Å². The normalized spacial score (nSPS) is 10.4. The summed E-state index contributed by atoms with van der Waals surface area (Å²) in [6, 6.07) is 5.04. The van der Waals surface area contributed by atoms with Crippen molar-refractivity contribution < 1.29 is 4.92 Å². The van der Waals surface area contributed by atoms with Crippen molar-refractivity contribution in [2.75, 3.05) is 12.4 Å². The number of rotatable bonds is 5. The van der Waals surface area contributed by atoms with Crippen molar-refractivity contribution in [1.82, 2.24) is 14.8 Å². The lowest BCUT2D eigenvalue weighted by molar-refractivity contribution is -0.384. The van der Waals surface area contributed by atoms with Crippen molar-refractivity contribution in [3.05, 3.63) is 40.2 Å². The summed E-state index contributed by atoms with van der Waals surface area (Å²) in [4.78, 5) is 10.6. The van der Waals surface area contributed by atoms with Crippen molar-refractivity contribution in [2.45, 2.75) is 10.9 Å². The van der Waals surface area contributed by atoms with E-state index in [-0.39, 0.29) is 10.6 Å². The molecule has 100 valence electrons. The lowest BCUT2D eigenvalue weighted by atomic mass is 10.1. The molecule has 0 aliphatic rings. The van der Waals surface area contributed by atoms with Crippen LogP contribution in [0.25, 0.3) is 0 Å². The van der Waals surface area contributed by atoms with Crippen LogP contribution in [0.3, 0.4) is 0 Å². The summed E-state index contributed by atoms with van der Waals surface area (Å²) in [5.74, 6) is 0.588. The Morgan fingerprint density at radius 2 is 2.32 bits per heavy atom. The second-order valence-corrected chi connectivity index (χ2v) is 4.77. The van der Waals surface area contributed by atoms with E-state index in [4.69, 9.17) is 0 Å². The first kappa shape index (κ1) is 13.3. The Morgan fingerprint density at radius 3 is 2.89 bits per heavy atom. The fourth-order valence-electron chi connectivity index (χ4n) is 1.69. The molecule has 1 N–H and O–H groups in total. The zero-order valence-corrected chi connectivity index (χ0v) is 11.3. The van der Waals surface area contributed by atoms with Gasteiger partial charge in [-0.05, 0) is 5.56 Å². The van der Waals surface area contributed by atoms with Crippen LogP contribution in [0.2, 0.25) is 0 Å². The summed E-state index contributed by atoms with van der Waals surface area (Å²) in [5.41, 5.74) is 1.49. The highest BCUT2D eigenvalue weighted by atomic mass is 32.2. The fraction of sp³-hybridized carbons (Fsp3) is 0.273. The molecule has 0 aliphatic heterocycles. The molecule has 1 aromatic carbocycles. The molecule has 1 heterocycles. The highest BCUT2D eigenvalue weighted by Gasteiger charge is 2.16. The molecular formula is C11H13N5O2S. The van der Waals surface area contributed by atoms with Crippen LogP contribution in [0.15, 0.2) is 29.7 Å². The first-order valence-electron chi connectivity index (χ1n) is 5.54. The summed E-state index contributed by atoms with van der Waals surface area (Å²) in [7, 11) is 3.54. The van der Waals surface area contributed by atoms with Crippen LogP contribution in [0.4, 0.5) is 11.4 Å². The number of aromatic nitrogens is 3. The van der Waals surface area contributed by atoms with Crippen LogP contribution in [-0.2, 0) is 12.8 Å². The van der Waals surface area contributed by atoms with Crippen LogP contribution < -0.4 is 5.32 Å². The minimum atomic E-state index is -0.387. The molecule has 0 saturated carbocycles. The van der Waals surface area contributed by atoms with E-state index in [1.807, 2.05) is 13.1 Å². The molecule has 2 rings (SSSR count). The molecule has 0 atom stereocenters. The van der Waals surface area contributed by atoms with Gasteiger partial charge in [-0.2, -0.15) is 0 Å². The number of hydrogen-bond acceptors (Lipinski definition) is 6. The Morgan fingerprint density at radius 1 is 1.53 bits per heavy atom. The third-order valence-electron chi connectivity index (χ3n) is 2.60. The van der Waals surface area contributed by atoms with Crippen molar-refractivity contribution in [3.8, 4) is 0 Å². The van der Waals surface area contributed by atoms with E-state index in [0.717, 1.165) is 10.7 Å². The van der Waals surface area contributed by atoms with Crippen LogP contribution in [0, 0.1) is 10.1 Å². The van der Waals surface area contributed by atoms with E-state index >= 15 is 0 Å². The molecule has 0 saturated heterocycles. The highest BCUT2D eigenvalue weighted by molar-refractivity contribution is 7.98. The Bertz CT molecular complexity index is 599. The van der Waals surface area contributed by atoms with Gasteiger partial charge in [0.1, 0.15) is 12.0 Å². The topological polar surface area (TPSA) is 85.9 Å². The Balaban J connectivity index is 2.23. The number of thioether (sulfide) groups is 1. The summed E-state index contributed by atoms with van der Waals surface area (Å²) in [6.07, 6.45) is 1.62. The lowest BCUT2D eigenvalue weighted by Crippen LogP contribution is -2.00. The third-order valence-corrected chi connectivity index (χ3v) is 3.69. The monoisotopic (exact) mass is 279 g/mol. The predicted octanol–water partition coefficient (Wildman–Crippen LogP) is 2.06. The third kappa shape index (κ3) is 2.84. The SMILES string of the molecule is CNc1c(CSc2nncn2C)cccc1[N+](=O)[O-]. The lowest BCUT2D eigenvalue weighted by Gasteiger charge is -2.08. The molecule has 0 unspecified atom stereocenters. The molecule has 1 aromatic heterocycles. The minimum Gasteiger partial charge on any atom is -0.382 e. The van der Waals surface area contributed by atoms with E-state index < -0.39 is 0 Å². The number of nitrogens with one attached hydrogen (secondary N) is 1. The Hall–Kier alpha value is -2.09. The van der Waals surface area contributed by atoms with Crippen molar-refractivity contribution in [1.29, 1.82) is 0 Å². The fourth-order valence-corrected chi connectivity index (χ4v) is 2.57. The van der Waals surface area contributed by atoms with Gasteiger partial charge < -0.3 is 9.88 Å². The number of para-hydroxylation sites is 1. The van der Waals surface area contributed by atoms with Gasteiger partial charge in [0.05, 0.1) is 4.92 Å². The Labute approximate surface area is 114 Å². The maximum absolute atomic E-state index is 11.0. The molecular weight excluding hydrogens is 266 g/mol. The first-order valence-corrected chi connectivity index (χ1v) is 6.53. The van der Waals surface area contributed by atoms with E-state index in [0.29, 0.717) is 11.4 Å². The molecule has 0 spiro atoms. The van der Waals surface area contributed by atoms with Gasteiger partial charge >= 0.3 is 0 Å². The van der Waals surface area contributed by atoms with Crippen molar-refractivity contribution in [2.24, 2.45) is 7.05 Å². The largest absolute Gasteiger partial charge is 0.382 e. The number of nitro groups is 1. The second kappa shape index (κ2) is 5.70. The van der Waals surface area contributed by atoms with Crippen molar-refractivity contribution in [3.63, 3.8) is 0 Å². The minimum absolute atomic E-state index is 0.0820. The number of anilines is 1. The predicted molar refractivity (Wildman–Crippen MR) is 73.2 cm³/mol. The molecule has 2 aromatic rings. The molecule has 0 radical (unpaired) electrons. The van der Waals surface area contributed by atoms with Crippen LogP contribution in [0.5, 0.6) is 0 Å². The van der Waals surface area contributed by atoms with Crippen LogP contribution >= 0.6 is 11.8 Å². The first-order chi connectivity index (χ1) is 9.13. The summed E-state index contributed by atoms with van der Waals surface area (Å²) < 4.78 is 1.81. The molecule has 19 heavy (non-hydrogen) atoms. The van der Waals surface area contributed by atoms with Crippen LogP contribution in [-0.4, -0.2) is 26.7 Å². The number of benzene rings is 1. The molecule has 0 amide bonds. The summed E-state index contributed by atoms with van der Waals surface area (Å²) in [6.45, 7) is 0. The molecule has 7 nitrogen and oxygen atoms in total. The Kier molecular flexibility index (Phi) is 4.00. The maximum atomic E-state index is 11.0. The van der Waals surface area contributed by atoms with Gasteiger partial charge in [0.2, 0.25) is 0 Å². The van der Waals surface area contributed by atoms with Gasteiger partial charge in [0.15, 0.2) is 5.16 Å². The summed E-state index contributed by atoms with van der Waals surface area (Å²) >= 11 is 1.48. The number of nitro benzene ring substituents is 1. The quantitative estimate of drug-likeness (QED) is 0.512.